The summed E-state index contributed by atoms with van der Waals surface area (Å²) in [7, 11) is 0. The maximum absolute atomic E-state index is 14.2. The van der Waals surface area contributed by atoms with Gasteiger partial charge in [-0.05, 0) is 42.0 Å². The molecule has 0 saturated heterocycles. The Morgan fingerprint density at radius 2 is 1.69 bits per heavy atom. The summed E-state index contributed by atoms with van der Waals surface area (Å²) in [6.45, 7) is 0.123. The van der Waals surface area contributed by atoms with Gasteiger partial charge < -0.3 is 10.0 Å². The van der Waals surface area contributed by atoms with Crippen LogP contribution in [-0.4, -0.2) is 17.0 Å². The fourth-order valence-corrected chi connectivity index (χ4v) is 4.15. The third-order valence-corrected chi connectivity index (χ3v) is 5.65. The molecule has 29 heavy (non-hydrogen) atoms. The average molecular weight is 405 g/mol. The number of thioether (sulfide) groups is 1. The summed E-state index contributed by atoms with van der Waals surface area (Å²) in [4.78, 5) is 27.2. The Morgan fingerprint density at radius 3 is 2.41 bits per heavy atom. The summed E-state index contributed by atoms with van der Waals surface area (Å²) in [5, 5.41) is 9.03. The van der Waals surface area contributed by atoms with Crippen LogP contribution in [-0.2, 0) is 11.3 Å². The number of fused-ring (bicyclic) bond motifs is 1. The van der Waals surface area contributed by atoms with Gasteiger partial charge in [-0.15, -0.1) is 0 Å². The Morgan fingerprint density at radius 1 is 1.00 bits per heavy atom. The number of halogens is 1. The quantitative estimate of drug-likeness (QED) is 0.606. The van der Waals surface area contributed by atoms with Gasteiger partial charge in [0.05, 0.1) is 22.7 Å². The van der Waals surface area contributed by atoms with Crippen LogP contribution in [0.3, 0.4) is 0 Å². The Hall–Kier alpha value is -3.38. The van der Waals surface area contributed by atoms with Crippen LogP contribution in [0.5, 0.6) is 0 Å². The lowest BCUT2D eigenvalue weighted by Gasteiger charge is -2.30. The fourth-order valence-electron chi connectivity index (χ4n) is 3.09. The van der Waals surface area contributed by atoms with Gasteiger partial charge in [0.25, 0.3) is 5.91 Å². The number of para-hydroxylation sites is 1. The normalized spacial score (nSPS) is 14.7. The Balaban J connectivity index is 1.71. The third kappa shape index (κ3) is 3.93. The second-order valence-electron chi connectivity index (χ2n) is 6.49. The number of anilines is 1. The molecule has 1 amide bonds. The van der Waals surface area contributed by atoms with Gasteiger partial charge in [0, 0.05) is 10.5 Å². The van der Waals surface area contributed by atoms with Crippen molar-refractivity contribution in [1.82, 2.24) is 0 Å². The molecule has 6 heteroatoms. The van der Waals surface area contributed by atoms with Crippen molar-refractivity contribution in [1.29, 1.82) is 0 Å². The molecule has 0 atom stereocenters. The molecule has 0 unspecified atom stereocenters. The van der Waals surface area contributed by atoms with Crippen LogP contribution in [0.2, 0.25) is 0 Å². The van der Waals surface area contributed by atoms with Crippen molar-refractivity contribution < 1.29 is 19.1 Å². The molecule has 0 saturated carbocycles. The minimum atomic E-state index is -1.00. The van der Waals surface area contributed by atoms with Crippen LogP contribution in [0.25, 0.3) is 6.08 Å². The van der Waals surface area contributed by atoms with E-state index in [4.69, 9.17) is 5.11 Å². The van der Waals surface area contributed by atoms with Crippen molar-refractivity contribution in [2.24, 2.45) is 0 Å². The zero-order chi connectivity index (χ0) is 20.4. The monoisotopic (exact) mass is 405 g/mol. The van der Waals surface area contributed by atoms with Crippen LogP contribution in [0.15, 0.2) is 82.6 Å². The Kier molecular flexibility index (Phi) is 5.18. The van der Waals surface area contributed by atoms with Crippen molar-refractivity contribution >= 4 is 35.4 Å². The molecular weight excluding hydrogens is 389 g/mol. The van der Waals surface area contributed by atoms with Crippen molar-refractivity contribution in [2.45, 2.75) is 11.4 Å². The minimum absolute atomic E-state index is 0.123. The number of carboxylic acids is 1. The van der Waals surface area contributed by atoms with Gasteiger partial charge in [0.15, 0.2) is 0 Å². The van der Waals surface area contributed by atoms with E-state index >= 15 is 0 Å². The average Bonchev–Trinajstić information content (AvgIpc) is 2.73. The molecule has 144 valence electrons. The summed E-state index contributed by atoms with van der Waals surface area (Å²) in [6.07, 6.45) is 1.73. The number of carbonyl (C=O) groups is 2. The lowest BCUT2D eigenvalue weighted by Crippen LogP contribution is -2.34. The highest BCUT2D eigenvalue weighted by molar-refractivity contribution is 8.04. The molecule has 4 nitrogen and oxygen atoms in total. The predicted molar refractivity (Wildman–Crippen MR) is 111 cm³/mol. The lowest BCUT2D eigenvalue weighted by atomic mass is 10.1. The molecule has 4 rings (SSSR count). The number of rotatable bonds is 4. The summed E-state index contributed by atoms with van der Waals surface area (Å²) in [5.74, 6) is -1.58. The predicted octanol–water partition coefficient (Wildman–Crippen LogP) is 5.20. The topological polar surface area (TPSA) is 57.6 Å². The molecule has 1 aliphatic heterocycles. The van der Waals surface area contributed by atoms with Gasteiger partial charge >= 0.3 is 5.97 Å². The number of benzene rings is 3. The fraction of sp³-hybridized carbons (Fsp3) is 0.0435. The van der Waals surface area contributed by atoms with Crippen molar-refractivity contribution in [3.8, 4) is 0 Å². The first-order valence-electron chi connectivity index (χ1n) is 8.90. The molecule has 0 radical (unpaired) electrons. The standard InChI is InChI=1S/C23H16FNO3S/c24-18-6-2-1-5-17(18)14-25-19-7-3-4-8-20(19)29-21(22(25)26)13-15-9-11-16(12-10-15)23(27)28/h1-13H,14H2,(H,27,28)/b21-13+. The van der Waals surface area contributed by atoms with E-state index in [-0.39, 0.29) is 23.8 Å². The first-order chi connectivity index (χ1) is 14.0. The molecule has 0 aromatic heterocycles. The van der Waals surface area contributed by atoms with E-state index in [1.54, 1.807) is 41.3 Å². The number of carboxylic acid groups (broad SMARTS) is 1. The summed E-state index contributed by atoms with van der Waals surface area (Å²) < 4.78 is 14.2. The smallest absolute Gasteiger partial charge is 0.335 e. The van der Waals surface area contributed by atoms with Crippen molar-refractivity contribution in [3.05, 3.63) is 100 Å². The highest BCUT2D eigenvalue weighted by atomic mass is 32.2. The third-order valence-electron chi connectivity index (χ3n) is 4.57. The first kappa shape index (κ1) is 19.0. The highest BCUT2D eigenvalue weighted by Gasteiger charge is 2.29. The van der Waals surface area contributed by atoms with E-state index in [1.807, 2.05) is 24.3 Å². The van der Waals surface area contributed by atoms with Crippen LogP contribution in [0, 0.1) is 5.82 Å². The van der Waals surface area contributed by atoms with Gasteiger partial charge in [0.1, 0.15) is 5.82 Å². The van der Waals surface area contributed by atoms with Crippen molar-refractivity contribution in [3.63, 3.8) is 0 Å². The summed E-state index contributed by atoms with van der Waals surface area (Å²) in [5.41, 5.74) is 2.08. The van der Waals surface area contributed by atoms with Gasteiger partial charge in [-0.1, -0.05) is 54.2 Å². The second kappa shape index (κ2) is 7.93. The minimum Gasteiger partial charge on any atom is -0.478 e. The Labute approximate surface area is 171 Å². The number of carbonyl (C=O) groups excluding carboxylic acids is 1. The number of hydrogen-bond donors (Lipinski definition) is 1. The summed E-state index contributed by atoms with van der Waals surface area (Å²) >= 11 is 1.35. The number of amides is 1. The maximum atomic E-state index is 14.2. The molecule has 0 bridgehead atoms. The van der Waals surface area contributed by atoms with Crippen molar-refractivity contribution in [2.75, 3.05) is 4.90 Å². The molecule has 3 aromatic rings. The molecule has 3 aromatic carbocycles. The molecule has 0 aliphatic carbocycles. The molecular formula is C23H16FNO3S. The second-order valence-corrected chi connectivity index (χ2v) is 7.57. The van der Waals surface area contributed by atoms with Crippen LogP contribution >= 0.6 is 11.8 Å². The highest BCUT2D eigenvalue weighted by Crippen LogP contribution is 2.42. The first-order valence-corrected chi connectivity index (χ1v) is 9.72. The van der Waals surface area contributed by atoms with E-state index in [1.165, 1.54) is 30.0 Å². The Bertz CT molecular complexity index is 1120. The van der Waals surface area contributed by atoms with E-state index in [0.717, 1.165) is 16.1 Å². The zero-order valence-electron chi connectivity index (χ0n) is 15.2. The molecule has 1 aliphatic rings. The number of hydrogen-bond acceptors (Lipinski definition) is 3. The largest absolute Gasteiger partial charge is 0.478 e. The molecule has 0 fully saturated rings. The van der Waals surface area contributed by atoms with Gasteiger partial charge in [-0.25, -0.2) is 9.18 Å². The van der Waals surface area contributed by atoms with Crippen LogP contribution < -0.4 is 4.90 Å². The van der Waals surface area contributed by atoms with Crippen LogP contribution in [0.1, 0.15) is 21.5 Å². The van der Waals surface area contributed by atoms with Gasteiger partial charge in [-0.3, -0.25) is 4.79 Å². The number of aromatic carboxylic acids is 1. The van der Waals surface area contributed by atoms with E-state index in [9.17, 15) is 14.0 Å². The summed E-state index contributed by atoms with van der Waals surface area (Å²) in [6, 6.07) is 20.2. The van der Waals surface area contributed by atoms with E-state index < -0.39 is 5.97 Å². The maximum Gasteiger partial charge on any atom is 0.335 e. The number of nitrogens with zero attached hydrogens (tertiary/aromatic N) is 1. The van der Waals surface area contributed by atoms with Gasteiger partial charge in [0.2, 0.25) is 0 Å². The zero-order valence-corrected chi connectivity index (χ0v) is 16.0. The lowest BCUT2D eigenvalue weighted by molar-refractivity contribution is -0.114. The molecule has 0 spiro atoms. The van der Waals surface area contributed by atoms with Crippen LogP contribution in [0.4, 0.5) is 10.1 Å². The molecule has 1 N–H and O–H groups in total. The van der Waals surface area contributed by atoms with Gasteiger partial charge in [-0.2, -0.15) is 0 Å². The molecule has 1 heterocycles. The van der Waals surface area contributed by atoms with E-state index in [2.05, 4.69) is 0 Å². The SMILES string of the molecule is O=C(O)c1ccc(/C=C2/Sc3ccccc3N(Cc3ccccc3F)C2=O)cc1. The van der Waals surface area contributed by atoms with E-state index in [0.29, 0.717) is 10.5 Å².